The van der Waals surface area contributed by atoms with Crippen LogP contribution in [-0.2, 0) is 6.54 Å². The number of nitrogens with zero attached hydrogens (tertiary/aromatic N) is 4. The molecule has 1 aromatic rings. The first kappa shape index (κ1) is 16.4. The van der Waals surface area contributed by atoms with Crippen LogP contribution in [0.25, 0.3) is 0 Å². The van der Waals surface area contributed by atoms with E-state index in [1.807, 2.05) is 4.68 Å². The summed E-state index contributed by atoms with van der Waals surface area (Å²) in [6.07, 6.45) is 6.69. The highest BCUT2D eigenvalue weighted by Gasteiger charge is 2.38. The second-order valence-corrected chi connectivity index (χ2v) is 6.86. The number of hydrogen-bond donors (Lipinski definition) is 1. The lowest BCUT2D eigenvalue weighted by molar-refractivity contribution is 0.0334. The molecule has 0 radical (unpaired) electrons. The van der Waals surface area contributed by atoms with Gasteiger partial charge in [-0.3, -0.25) is 4.90 Å². The van der Waals surface area contributed by atoms with Crippen molar-refractivity contribution in [2.24, 2.45) is 11.7 Å². The van der Waals surface area contributed by atoms with E-state index in [1.165, 1.54) is 25.7 Å². The molecule has 5 nitrogen and oxygen atoms in total. The third-order valence-electron chi connectivity index (χ3n) is 4.97. The van der Waals surface area contributed by atoms with Crippen molar-refractivity contribution in [2.45, 2.75) is 71.5 Å². The maximum Gasteiger partial charge on any atom is 0.141 e. The molecule has 120 valence electrons. The molecular formula is C16H31N5. The Hall–Kier alpha value is -0.940. The number of aromatic nitrogens is 3. The van der Waals surface area contributed by atoms with E-state index in [0.29, 0.717) is 6.04 Å². The molecule has 5 heteroatoms. The lowest BCUT2D eigenvalue weighted by atomic mass is 9.75. The Labute approximate surface area is 128 Å². The predicted octanol–water partition coefficient (Wildman–Crippen LogP) is 2.59. The van der Waals surface area contributed by atoms with Crippen LogP contribution in [-0.4, -0.2) is 38.3 Å². The summed E-state index contributed by atoms with van der Waals surface area (Å²) >= 11 is 0. The van der Waals surface area contributed by atoms with Crippen LogP contribution in [0.15, 0.2) is 6.33 Å². The van der Waals surface area contributed by atoms with Gasteiger partial charge in [-0.1, -0.05) is 26.7 Å². The van der Waals surface area contributed by atoms with Crippen LogP contribution in [0.5, 0.6) is 0 Å². The Balaban J connectivity index is 2.19. The molecule has 2 rings (SSSR count). The molecule has 2 unspecified atom stereocenters. The van der Waals surface area contributed by atoms with Gasteiger partial charge >= 0.3 is 0 Å². The van der Waals surface area contributed by atoms with Crippen molar-refractivity contribution in [1.29, 1.82) is 0 Å². The van der Waals surface area contributed by atoms with Crippen molar-refractivity contribution >= 4 is 0 Å². The molecule has 0 spiro atoms. The predicted molar refractivity (Wildman–Crippen MR) is 85.9 cm³/mol. The molecule has 2 atom stereocenters. The van der Waals surface area contributed by atoms with Gasteiger partial charge < -0.3 is 5.73 Å². The van der Waals surface area contributed by atoms with Gasteiger partial charge in [0, 0.05) is 18.1 Å². The SMILES string of the molecule is CCN(Cc1ncnn1C(C)C)C1(CN)CCCC(C)C1. The van der Waals surface area contributed by atoms with Crippen LogP contribution in [0.2, 0.25) is 0 Å². The summed E-state index contributed by atoms with van der Waals surface area (Å²) in [4.78, 5) is 7.01. The number of hydrogen-bond acceptors (Lipinski definition) is 4. The molecule has 1 fully saturated rings. The zero-order chi connectivity index (χ0) is 15.5. The number of likely N-dealkylation sites (N-methyl/N-ethyl adjacent to an activating group) is 1. The zero-order valence-electron chi connectivity index (χ0n) is 14.0. The first-order valence-electron chi connectivity index (χ1n) is 8.36. The fourth-order valence-electron chi connectivity index (χ4n) is 3.84. The van der Waals surface area contributed by atoms with E-state index in [1.54, 1.807) is 6.33 Å². The van der Waals surface area contributed by atoms with Gasteiger partial charge in [-0.15, -0.1) is 0 Å². The summed E-state index contributed by atoms with van der Waals surface area (Å²) < 4.78 is 2.03. The molecule has 1 aliphatic carbocycles. The molecule has 1 heterocycles. The van der Waals surface area contributed by atoms with Crippen LogP contribution in [0, 0.1) is 5.92 Å². The fourth-order valence-corrected chi connectivity index (χ4v) is 3.84. The van der Waals surface area contributed by atoms with E-state index in [0.717, 1.165) is 31.4 Å². The molecule has 0 aromatic carbocycles. The molecule has 21 heavy (non-hydrogen) atoms. The van der Waals surface area contributed by atoms with Crippen LogP contribution < -0.4 is 5.73 Å². The minimum absolute atomic E-state index is 0.139. The smallest absolute Gasteiger partial charge is 0.141 e. The third-order valence-corrected chi connectivity index (χ3v) is 4.97. The molecule has 1 aliphatic rings. The highest BCUT2D eigenvalue weighted by molar-refractivity contribution is 4.98. The van der Waals surface area contributed by atoms with Gasteiger partial charge in [0.25, 0.3) is 0 Å². The Bertz CT molecular complexity index is 442. The van der Waals surface area contributed by atoms with E-state index in [-0.39, 0.29) is 5.54 Å². The average molecular weight is 293 g/mol. The van der Waals surface area contributed by atoms with Crippen LogP contribution in [0.1, 0.15) is 65.2 Å². The summed E-state index contributed by atoms with van der Waals surface area (Å²) in [6.45, 7) is 11.5. The van der Waals surface area contributed by atoms with E-state index >= 15 is 0 Å². The second kappa shape index (κ2) is 6.88. The second-order valence-electron chi connectivity index (χ2n) is 6.86. The van der Waals surface area contributed by atoms with Gasteiger partial charge in [-0.2, -0.15) is 5.10 Å². The Morgan fingerprint density at radius 2 is 2.29 bits per heavy atom. The maximum absolute atomic E-state index is 6.22. The maximum atomic E-state index is 6.22. The van der Waals surface area contributed by atoms with Crippen molar-refractivity contribution in [1.82, 2.24) is 19.7 Å². The molecule has 2 N–H and O–H groups in total. The van der Waals surface area contributed by atoms with Gasteiger partial charge in [0.05, 0.1) is 6.54 Å². The summed E-state index contributed by atoms with van der Waals surface area (Å²) in [7, 11) is 0. The fraction of sp³-hybridized carbons (Fsp3) is 0.875. The normalized spacial score (nSPS) is 26.7. The van der Waals surface area contributed by atoms with Crippen LogP contribution >= 0.6 is 0 Å². The largest absolute Gasteiger partial charge is 0.329 e. The lowest BCUT2D eigenvalue weighted by Crippen LogP contribution is -2.56. The first-order chi connectivity index (χ1) is 10.0. The minimum atomic E-state index is 0.139. The van der Waals surface area contributed by atoms with Gasteiger partial charge in [0.2, 0.25) is 0 Å². The van der Waals surface area contributed by atoms with E-state index in [2.05, 4.69) is 42.7 Å². The van der Waals surface area contributed by atoms with E-state index in [4.69, 9.17) is 5.73 Å². The van der Waals surface area contributed by atoms with Crippen molar-refractivity contribution < 1.29 is 0 Å². The monoisotopic (exact) mass is 293 g/mol. The van der Waals surface area contributed by atoms with Gasteiger partial charge in [-0.05, 0) is 39.2 Å². The van der Waals surface area contributed by atoms with Crippen molar-refractivity contribution in [3.63, 3.8) is 0 Å². The topological polar surface area (TPSA) is 60.0 Å². The summed E-state index contributed by atoms with van der Waals surface area (Å²) in [5.41, 5.74) is 6.36. The van der Waals surface area contributed by atoms with Crippen molar-refractivity contribution in [3.8, 4) is 0 Å². The lowest BCUT2D eigenvalue weighted by Gasteiger charge is -2.47. The molecule has 0 amide bonds. The Morgan fingerprint density at radius 3 is 2.86 bits per heavy atom. The minimum Gasteiger partial charge on any atom is -0.329 e. The molecular weight excluding hydrogens is 262 g/mol. The van der Waals surface area contributed by atoms with Crippen LogP contribution in [0.4, 0.5) is 0 Å². The quantitative estimate of drug-likeness (QED) is 0.876. The van der Waals surface area contributed by atoms with Gasteiger partial charge in [0.15, 0.2) is 0 Å². The number of nitrogens with two attached hydrogens (primary N) is 1. The molecule has 1 saturated carbocycles. The Kier molecular flexibility index (Phi) is 5.38. The standard InChI is InChI=1S/C16H31N5/c1-5-20(10-15-18-12-19-21(15)13(2)3)16(11-17)8-6-7-14(4)9-16/h12-14H,5-11,17H2,1-4H3. The third kappa shape index (κ3) is 3.46. The summed E-state index contributed by atoms with van der Waals surface area (Å²) in [5, 5.41) is 4.36. The van der Waals surface area contributed by atoms with E-state index < -0.39 is 0 Å². The van der Waals surface area contributed by atoms with Crippen molar-refractivity contribution in [3.05, 3.63) is 12.2 Å². The van der Waals surface area contributed by atoms with Gasteiger partial charge in [0.1, 0.15) is 12.2 Å². The van der Waals surface area contributed by atoms with Crippen molar-refractivity contribution in [2.75, 3.05) is 13.1 Å². The van der Waals surface area contributed by atoms with Crippen LogP contribution in [0.3, 0.4) is 0 Å². The summed E-state index contributed by atoms with van der Waals surface area (Å²) in [5.74, 6) is 1.82. The Morgan fingerprint density at radius 1 is 1.52 bits per heavy atom. The van der Waals surface area contributed by atoms with E-state index in [9.17, 15) is 0 Å². The van der Waals surface area contributed by atoms with Gasteiger partial charge in [-0.25, -0.2) is 9.67 Å². The molecule has 0 aliphatic heterocycles. The zero-order valence-corrected chi connectivity index (χ0v) is 14.0. The highest BCUT2D eigenvalue weighted by Crippen LogP contribution is 2.36. The molecule has 1 aromatic heterocycles. The first-order valence-corrected chi connectivity index (χ1v) is 8.36. The summed E-state index contributed by atoms with van der Waals surface area (Å²) in [6, 6.07) is 0.348. The number of rotatable bonds is 6. The average Bonchev–Trinajstić information content (AvgIpc) is 2.93. The molecule has 0 saturated heterocycles. The molecule has 0 bridgehead atoms. The highest BCUT2D eigenvalue weighted by atomic mass is 15.4.